The van der Waals surface area contributed by atoms with E-state index < -0.39 is 0 Å². The van der Waals surface area contributed by atoms with E-state index in [1.54, 1.807) is 25.1 Å². The summed E-state index contributed by atoms with van der Waals surface area (Å²) in [6.45, 7) is 3.84. The summed E-state index contributed by atoms with van der Waals surface area (Å²) in [6.07, 6.45) is 1.41. The Kier molecular flexibility index (Phi) is 3.38. The zero-order valence-electron chi connectivity index (χ0n) is 11.8. The summed E-state index contributed by atoms with van der Waals surface area (Å²) in [5.41, 5.74) is 0.246. The van der Waals surface area contributed by atoms with E-state index in [1.807, 2.05) is 6.92 Å². The highest BCUT2D eigenvalue weighted by Gasteiger charge is 2.62. The maximum atomic E-state index is 13.6. The van der Waals surface area contributed by atoms with Gasteiger partial charge in [0.25, 0.3) is 0 Å². The van der Waals surface area contributed by atoms with Crippen molar-refractivity contribution in [1.29, 1.82) is 0 Å². The number of fused-ring (bicyclic) bond motifs is 1. The van der Waals surface area contributed by atoms with Crippen LogP contribution in [0.4, 0.5) is 4.39 Å². The topological polar surface area (TPSA) is 38.8 Å². The molecule has 108 valence electrons. The van der Waals surface area contributed by atoms with Crippen LogP contribution in [0.15, 0.2) is 24.3 Å². The number of benzene rings is 1. The van der Waals surface area contributed by atoms with Crippen LogP contribution in [-0.2, 0) is 20.9 Å². The highest BCUT2D eigenvalue weighted by molar-refractivity contribution is 5.78. The first-order valence-corrected chi connectivity index (χ1v) is 7.04. The van der Waals surface area contributed by atoms with Crippen molar-refractivity contribution >= 4 is 5.78 Å². The van der Waals surface area contributed by atoms with Gasteiger partial charge in [0.1, 0.15) is 17.2 Å². The highest BCUT2D eigenvalue weighted by Crippen LogP contribution is 2.50. The van der Waals surface area contributed by atoms with Crippen molar-refractivity contribution in [3.05, 3.63) is 35.6 Å². The third-order valence-electron chi connectivity index (χ3n) is 4.59. The summed E-state index contributed by atoms with van der Waals surface area (Å²) in [5.74, 6) is -0.0758. The van der Waals surface area contributed by atoms with Crippen LogP contribution < -0.4 is 0 Å². The lowest BCUT2D eigenvalue weighted by atomic mass is 9.79. The number of ether oxygens (including phenoxy) is 2. The van der Waals surface area contributed by atoms with Crippen LogP contribution in [0.5, 0.6) is 0 Å². The minimum Gasteiger partial charge on any atom is -0.370 e. The minimum atomic E-state index is -0.294. The standard InChI is InChI=1S/C16H19FO3/c1-10(18)12-7-14(16(2)15(8-12)20-16)19-9-11-5-3-4-6-13(11)17/h3-6,12,14-15H,7-9H2,1-2H3. The van der Waals surface area contributed by atoms with Crippen molar-refractivity contribution in [3.8, 4) is 0 Å². The molecule has 0 amide bonds. The summed E-state index contributed by atoms with van der Waals surface area (Å²) in [7, 11) is 0. The molecule has 0 N–H and O–H groups in total. The van der Waals surface area contributed by atoms with Gasteiger partial charge in [-0.1, -0.05) is 18.2 Å². The molecule has 0 spiro atoms. The van der Waals surface area contributed by atoms with Crippen LogP contribution in [0.2, 0.25) is 0 Å². The fraction of sp³-hybridized carbons (Fsp3) is 0.562. The number of carbonyl (C=O) groups is 1. The second-order valence-corrected chi connectivity index (χ2v) is 5.96. The average molecular weight is 278 g/mol. The largest absolute Gasteiger partial charge is 0.370 e. The van der Waals surface area contributed by atoms with E-state index in [0.29, 0.717) is 12.0 Å². The Hall–Kier alpha value is -1.26. The van der Waals surface area contributed by atoms with Gasteiger partial charge in [0, 0.05) is 11.5 Å². The molecule has 4 unspecified atom stereocenters. The molecule has 0 radical (unpaired) electrons. The van der Waals surface area contributed by atoms with E-state index in [4.69, 9.17) is 9.47 Å². The Bertz CT molecular complexity index is 530. The molecule has 1 saturated carbocycles. The van der Waals surface area contributed by atoms with E-state index in [9.17, 15) is 9.18 Å². The van der Waals surface area contributed by atoms with Gasteiger partial charge in [-0.25, -0.2) is 4.39 Å². The Balaban J connectivity index is 1.67. The lowest BCUT2D eigenvalue weighted by Gasteiger charge is -2.29. The van der Waals surface area contributed by atoms with Gasteiger partial charge in [0.15, 0.2) is 0 Å². The van der Waals surface area contributed by atoms with Crippen LogP contribution in [0.25, 0.3) is 0 Å². The Morgan fingerprint density at radius 1 is 1.45 bits per heavy atom. The van der Waals surface area contributed by atoms with Gasteiger partial charge in [-0.3, -0.25) is 4.79 Å². The molecular weight excluding hydrogens is 259 g/mol. The number of ketones is 1. The molecule has 2 fully saturated rings. The third kappa shape index (κ3) is 2.38. The summed E-state index contributed by atoms with van der Waals surface area (Å²) in [5, 5.41) is 0. The van der Waals surface area contributed by atoms with Crippen LogP contribution in [0.3, 0.4) is 0 Å². The third-order valence-corrected chi connectivity index (χ3v) is 4.59. The summed E-state index contributed by atoms with van der Waals surface area (Å²) in [6, 6.07) is 6.59. The van der Waals surface area contributed by atoms with Gasteiger partial charge in [0.2, 0.25) is 0 Å². The molecule has 3 rings (SSSR count). The molecule has 1 heterocycles. The van der Waals surface area contributed by atoms with Gasteiger partial charge >= 0.3 is 0 Å². The van der Waals surface area contributed by atoms with Crippen LogP contribution in [-0.4, -0.2) is 23.6 Å². The fourth-order valence-electron chi connectivity index (χ4n) is 3.06. The molecule has 0 aromatic heterocycles. The van der Waals surface area contributed by atoms with Gasteiger partial charge in [-0.05, 0) is 32.8 Å². The van der Waals surface area contributed by atoms with Gasteiger partial charge < -0.3 is 9.47 Å². The lowest BCUT2D eigenvalue weighted by molar-refractivity contribution is -0.123. The van der Waals surface area contributed by atoms with Crippen molar-refractivity contribution in [2.24, 2.45) is 5.92 Å². The van der Waals surface area contributed by atoms with Crippen LogP contribution in [0, 0.1) is 11.7 Å². The average Bonchev–Trinajstić information content (AvgIpc) is 3.08. The van der Waals surface area contributed by atoms with Crippen LogP contribution in [0.1, 0.15) is 32.3 Å². The molecule has 1 aliphatic heterocycles. The van der Waals surface area contributed by atoms with Gasteiger partial charge in [-0.15, -0.1) is 0 Å². The van der Waals surface area contributed by atoms with Crippen molar-refractivity contribution < 1.29 is 18.7 Å². The Morgan fingerprint density at radius 2 is 2.20 bits per heavy atom. The van der Waals surface area contributed by atoms with E-state index in [1.165, 1.54) is 6.07 Å². The summed E-state index contributed by atoms with van der Waals surface area (Å²) in [4.78, 5) is 11.6. The fourth-order valence-corrected chi connectivity index (χ4v) is 3.06. The van der Waals surface area contributed by atoms with Crippen molar-refractivity contribution in [3.63, 3.8) is 0 Å². The number of carbonyl (C=O) groups excluding carboxylic acids is 1. The van der Waals surface area contributed by atoms with Crippen LogP contribution >= 0.6 is 0 Å². The van der Waals surface area contributed by atoms with Crippen molar-refractivity contribution in [1.82, 2.24) is 0 Å². The van der Waals surface area contributed by atoms with E-state index in [0.717, 1.165) is 6.42 Å². The number of rotatable bonds is 4. The molecule has 1 aromatic rings. The first kappa shape index (κ1) is 13.7. The number of Topliss-reactive ketones (excluding diaryl/α,β-unsaturated/α-hetero) is 1. The molecule has 4 atom stereocenters. The van der Waals surface area contributed by atoms with Crippen molar-refractivity contribution in [2.45, 2.75) is 51.1 Å². The zero-order chi connectivity index (χ0) is 14.3. The lowest BCUT2D eigenvalue weighted by Crippen LogP contribution is -2.40. The normalized spacial score (nSPS) is 35.5. The molecule has 20 heavy (non-hydrogen) atoms. The number of halogens is 1. The second-order valence-electron chi connectivity index (χ2n) is 5.96. The summed E-state index contributed by atoms with van der Waals surface area (Å²) >= 11 is 0. The van der Waals surface area contributed by atoms with E-state index in [2.05, 4.69) is 0 Å². The quantitative estimate of drug-likeness (QED) is 0.795. The van der Waals surface area contributed by atoms with Crippen molar-refractivity contribution in [2.75, 3.05) is 0 Å². The molecule has 1 aliphatic carbocycles. The van der Waals surface area contributed by atoms with Gasteiger partial charge in [-0.2, -0.15) is 0 Å². The molecular formula is C16H19FO3. The molecule has 1 saturated heterocycles. The SMILES string of the molecule is CC(=O)C1CC(OCc2ccccc2F)C2(C)OC2C1. The molecule has 0 bridgehead atoms. The molecule has 4 heteroatoms. The smallest absolute Gasteiger partial charge is 0.133 e. The maximum absolute atomic E-state index is 13.6. The predicted octanol–water partition coefficient (Wildman–Crippen LogP) is 2.87. The molecule has 1 aromatic carbocycles. The number of hydrogen-bond donors (Lipinski definition) is 0. The number of hydrogen-bond acceptors (Lipinski definition) is 3. The first-order valence-electron chi connectivity index (χ1n) is 7.04. The second kappa shape index (κ2) is 4.93. The highest BCUT2D eigenvalue weighted by atomic mass is 19.1. The van der Waals surface area contributed by atoms with E-state index >= 15 is 0 Å². The predicted molar refractivity (Wildman–Crippen MR) is 71.7 cm³/mol. The first-order chi connectivity index (χ1) is 9.50. The Morgan fingerprint density at radius 3 is 2.90 bits per heavy atom. The molecule has 2 aliphatic rings. The zero-order valence-corrected chi connectivity index (χ0v) is 11.8. The number of epoxide rings is 1. The Labute approximate surface area is 118 Å². The summed E-state index contributed by atoms with van der Waals surface area (Å²) < 4.78 is 25.2. The van der Waals surface area contributed by atoms with Gasteiger partial charge in [0.05, 0.1) is 18.8 Å². The maximum Gasteiger partial charge on any atom is 0.133 e. The van der Waals surface area contributed by atoms with E-state index in [-0.39, 0.29) is 41.9 Å². The molecule has 3 nitrogen and oxygen atoms in total. The minimum absolute atomic E-state index is 0.00111. The monoisotopic (exact) mass is 278 g/mol.